The summed E-state index contributed by atoms with van der Waals surface area (Å²) in [6, 6.07) is 0. The summed E-state index contributed by atoms with van der Waals surface area (Å²) in [7, 11) is -1.27. The molecule has 20 heavy (non-hydrogen) atoms. The summed E-state index contributed by atoms with van der Waals surface area (Å²) in [5.74, 6) is -0.293. The van der Waals surface area contributed by atoms with Crippen LogP contribution < -0.4 is 0 Å². The molecule has 0 radical (unpaired) electrons. The third kappa shape index (κ3) is 3.20. The number of hydrogen-bond acceptors (Lipinski definition) is 4. The van der Waals surface area contributed by atoms with E-state index in [9.17, 15) is 13.2 Å². The molecular weight excluding hydrogens is 278 g/mol. The van der Waals surface area contributed by atoms with Crippen molar-refractivity contribution in [1.29, 1.82) is 0 Å². The Hall–Kier alpha value is -1.37. The number of carbonyl (C=O) groups is 1. The van der Waals surface area contributed by atoms with Gasteiger partial charge >= 0.3 is 0 Å². The Morgan fingerprint density at radius 2 is 2.15 bits per heavy atom. The van der Waals surface area contributed by atoms with Gasteiger partial charge in [0.25, 0.3) is 0 Å². The number of rotatable bonds is 4. The lowest BCUT2D eigenvalue weighted by atomic mass is 10.1. The third-order valence-corrected chi connectivity index (χ3v) is 5.70. The molecule has 1 aromatic heterocycles. The van der Waals surface area contributed by atoms with Crippen LogP contribution in [0.4, 0.5) is 0 Å². The molecule has 1 fully saturated rings. The van der Waals surface area contributed by atoms with E-state index in [0.717, 1.165) is 23.4 Å². The fourth-order valence-corrected chi connectivity index (χ4v) is 4.37. The molecule has 2 heterocycles. The average molecular weight is 299 g/mol. The Bertz CT molecular complexity index is 587. The lowest BCUT2D eigenvalue weighted by molar-refractivity contribution is -0.133. The molecule has 1 amide bonds. The van der Waals surface area contributed by atoms with Crippen molar-refractivity contribution in [1.82, 2.24) is 15.1 Å². The Balaban J connectivity index is 1.92. The summed E-state index contributed by atoms with van der Waals surface area (Å²) in [5, 5.41) is 7.05. The van der Waals surface area contributed by atoms with Crippen LogP contribution in [0.3, 0.4) is 0 Å². The Labute approximate surface area is 119 Å². The summed E-state index contributed by atoms with van der Waals surface area (Å²) < 4.78 is 22.8. The summed E-state index contributed by atoms with van der Waals surface area (Å²) in [6.45, 7) is 4.47. The van der Waals surface area contributed by atoms with E-state index in [1.807, 2.05) is 13.8 Å². The average Bonchev–Trinajstić information content (AvgIpc) is 2.89. The largest absolute Gasteiger partial charge is 0.345 e. The highest BCUT2D eigenvalue weighted by atomic mass is 32.2. The van der Waals surface area contributed by atoms with Gasteiger partial charge in [-0.05, 0) is 32.3 Å². The smallest absolute Gasteiger partial charge is 0.226 e. The van der Waals surface area contributed by atoms with E-state index >= 15 is 0 Å². The summed E-state index contributed by atoms with van der Waals surface area (Å²) >= 11 is 0. The Morgan fingerprint density at radius 3 is 2.65 bits per heavy atom. The number of aromatic nitrogens is 2. The number of nitrogens with zero attached hydrogens (tertiary/aromatic N) is 2. The molecule has 1 aliphatic heterocycles. The predicted octanol–water partition coefficient (Wildman–Crippen LogP) is 0.462. The summed E-state index contributed by atoms with van der Waals surface area (Å²) in [5.41, 5.74) is 3.10. The van der Waals surface area contributed by atoms with Crippen LogP contribution >= 0.6 is 0 Å². The predicted molar refractivity (Wildman–Crippen MR) is 76.2 cm³/mol. The first kappa shape index (κ1) is 15.0. The van der Waals surface area contributed by atoms with E-state index in [1.54, 1.807) is 11.9 Å². The molecule has 1 aromatic rings. The monoisotopic (exact) mass is 299 g/mol. The topological polar surface area (TPSA) is 83.1 Å². The van der Waals surface area contributed by atoms with Gasteiger partial charge in [0.05, 0.1) is 23.1 Å². The lowest BCUT2D eigenvalue weighted by Crippen LogP contribution is -2.35. The highest BCUT2D eigenvalue weighted by Gasteiger charge is 2.34. The molecule has 1 unspecified atom stereocenters. The minimum Gasteiger partial charge on any atom is -0.345 e. The molecule has 6 nitrogen and oxygen atoms in total. The van der Waals surface area contributed by atoms with Crippen LogP contribution in [0.2, 0.25) is 0 Å². The third-order valence-electron chi connectivity index (χ3n) is 3.94. The van der Waals surface area contributed by atoms with Crippen LogP contribution in [0.5, 0.6) is 0 Å². The van der Waals surface area contributed by atoms with Crippen molar-refractivity contribution in [2.24, 2.45) is 5.92 Å². The van der Waals surface area contributed by atoms with Gasteiger partial charge in [0.15, 0.2) is 9.84 Å². The zero-order valence-corrected chi connectivity index (χ0v) is 13.0. The number of sulfone groups is 1. The molecule has 1 saturated heterocycles. The fourth-order valence-electron chi connectivity index (χ4n) is 2.63. The first-order valence-electron chi connectivity index (χ1n) is 6.76. The van der Waals surface area contributed by atoms with Crippen LogP contribution in [-0.2, 0) is 21.1 Å². The van der Waals surface area contributed by atoms with E-state index in [-0.39, 0.29) is 23.3 Å². The van der Waals surface area contributed by atoms with Crippen molar-refractivity contribution in [3.63, 3.8) is 0 Å². The van der Waals surface area contributed by atoms with Gasteiger partial charge in [-0.3, -0.25) is 9.89 Å². The van der Waals surface area contributed by atoms with Gasteiger partial charge in [-0.15, -0.1) is 0 Å². The molecule has 1 N–H and O–H groups in total. The normalized spacial score (nSPS) is 21.1. The molecule has 1 atom stereocenters. The van der Waals surface area contributed by atoms with Crippen molar-refractivity contribution in [2.45, 2.75) is 26.7 Å². The molecule has 112 valence electrons. The maximum atomic E-state index is 12.2. The number of likely N-dealkylation sites (N-methyl/N-ethyl adjacent to an activating group) is 1. The number of aryl methyl sites for hydroxylation is 2. The number of hydrogen-bond donors (Lipinski definition) is 1. The van der Waals surface area contributed by atoms with Gasteiger partial charge in [-0.1, -0.05) is 0 Å². The van der Waals surface area contributed by atoms with Crippen molar-refractivity contribution < 1.29 is 13.2 Å². The first-order chi connectivity index (χ1) is 9.30. The SMILES string of the molecule is Cc1n[nH]c(C)c1CCN(C)C(=O)C1CCS(=O)(=O)C1. The molecular formula is C13H21N3O3S. The zero-order valence-electron chi connectivity index (χ0n) is 12.1. The van der Waals surface area contributed by atoms with Crippen LogP contribution in [-0.4, -0.2) is 54.5 Å². The van der Waals surface area contributed by atoms with E-state index in [0.29, 0.717) is 13.0 Å². The number of aromatic amines is 1. The van der Waals surface area contributed by atoms with E-state index in [1.165, 1.54) is 0 Å². The Morgan fingerprint density at radius 1 is 1.45 bits per heavy atom. The van der Waals surface area contributed by atoms with Crippen molar-refractivity contribution >= 4 is 15.7 Å². The van der Waals surface area contributed by atoms with E-state index in [4.69, 9.17) is 0 Å². The summed E-state index contributed by atoms with van der Waals surface area (Å²) in [6.07, 6.45) is 1.19. The van der Waals surface area contributed by atoms with Crippen LogP contribution in [0.25, 0.3) is 0 Å². The molecule has 0 aromatic carbocycles. The molecule has 1 aliphatic rings. The van der Waals surface area contributed by atoms with Gasteiger partial charge < -0.3 is 4.90 Å². The molecule has 0 saturated carbocycles. The highest BCUT2D eigenvalue weighted by molar-refractivity contribution is 7.91. The van der Waals surface area contributed by atoms with Gasteiger partial charge in [0.2, 0.25) is 5.91 Å². The second-order valence-electron chi connectivity index (χ2n) is 5.52. The number of nitrogens with one attached hydrogen (secondary N) is 1. The number of amides is 1. The molecule has 0 bridgehead atoms. The quantitative estimate of drug-likeness (QED) is 0.875. The van der Waals surface area contributed by atoms with E-state index < -0.39 is 9.84 Å². The fraction of sp³-hybridized carbons (Fsp3) is 0.692. The maximum absolute atomic E-state index is 12.2. The summed E-state index contributed by atoms with van der Waals surface area (Å²) in [4.78, 5) is 13.8. The zero-order chi connectivity index (χ0) is 14.9. The maximum Gasteiger partial charge on any atom is 0.226 e. The van der Waals surface area contributed by atoms with Gasteiger partial charge in [0.1, 0.15) is 0 Å². The minimum absolute atomic E-state index is 0.0000603. The van der Waals surface area contributed by atoms with Crippen molar-refractivity contribution in [3.05, 3.63) is 17.0 Å². The second kappa shape index (κ2) is 5.55. The van der Waals surface area contributed by atoms with Crippen molar-refractivity contribution in [3.8, 4) is 0 Å². The molecule has 7 heteroatoms. The van der Waals surface area contributed by atoms with E-state index in [2.05, 4.69) is 10.2 Å². The van der Waals surface area contributed by atoms with Crippen molar-refractivity contribution in [2.75, 3.05) is 25.1 Å². The first-order valence-corrected chi connectivity index (χ1v) is 8.58. The molecule has 0 aliphatic carbocycles. The minimum atomic E-state index is -3.01. The standard InChI is InChI=1S/C13H21N3O3S/c1-9-12(10(2)15-14-9)4-6-16(3)13(17)11-5-7-20(18,19)8-11/h11H,4-8H2,1-3H3,(H,14,15). The highest BCUT2D eigenvalue weighted by Crippen LogP contribution is 2.20. The Kier molecular flexibility index (Phi) is 4.17. The number of H-pyrrole nitrogens is 1. The molecule has 2 rings (SSSR count). The molecule has 0 spiro atoms. The lowest BCUT2D eigenvalue weighted by Gasteiger charge is -2.20. The van der Waals surface area contributed by atoms with Crippen LogP contribution in [0, 0.1) is 19.8 Å². The second-order valence-corrected chi connectivity index (χ2v) is 7.75. The van der Waals surface area contributed by atoms with Gasteiger partial charge in [-0.25, -0.2) is 8.42 Å². The van der Waals surface area contributed by atoms with Crippen LogP contribution in [0.1, 0.15) is 23.4 Å². The van der Waals surface area contributed by atoms with Crippen LogP contribution in [0.15, 0.2) is 0 Å². The van der Waals surface area contributed by atoms with Gasteiger partial charge in [0, 0.05) is 19.3 Å². The number of carbonyl (C=O) groups excluding carboxylic acids is 1. The van der Waals surface area contributed by atoms with Gasteiger partial charge in [-0.2, -0.15) is 5.10 Å².